The molecule has 1 fully saturated rings. The maximum absolute atomic E-state index is 13.3. The van der Waals surface area contributed by atoms with E-state index in [4.69, 9.17) is 9.73 Å². The Morgan fingerprint density at radius 1 is 1.00 bits per heavy atom. The fourth-order valence-corrected chi connectivity index (χ4v) is 4.82. The molecular formula is C27H28N2O2S. The lowest BCUT2D eigenvalue weighted by Crippen LogP contribution is -2.28. The Morgan fingerprint density at radius 3 is 2.56 bits per heavy atom. The first-order chi connectivity index (χ1) is 15.7. The first-order valence-electron chi connectivity index (χ1n) is 11.2. The number of likely N-dealkylation sites (N-methyl/N-ethyl adjacent to an activating group) is 1. The van der Waals surface area contributed by atoms with Gasteiger partial charge in [0.15, 0.2) is 5.17 Å². The summed E-state index contributed by atoms with van der Waals surface area (Å²) in [6.07, 6.45) is 3.79. The largest absolute Gasteiger partial charge is 0.493 e. The van der Waals surface area contributed by atoms with Gasteiger partial charge in [0.05, 0.1) is 17.2 Å². The Morgan fingerprint density at radius 2 is 1.78 bits per heavy atom. The Balaban J connectivity index is 1.79. The summed E-state index contributed by atoms with van der Waals surface area (Å²) in [4.78, 5) is 20.6. The Bertz CT molecular complexity index is 1200. The second kappa shape index (κ2) is 10.0. The van der Waals surface area contributed by atoms with E-state index in [-0.39, 0.29) is 5.91 Å². The molecule has 5 heteroatoms. The van der Waals surface area contributed by atoms with Gasteiger partial charge in [0.1, 0.15) is 5.75 Å². The van der Waals surface area contributed by atoms with Crippen molar-refractivity contribution in [1.29, 1.82) is 0 Å². The molecule has 0 aromatic heterocycles. The second-order valence-electron chi connectivity index (χ2n) is 7.58. The molecule has 1 aliphatic heterocycles. The van der Waals surface area contributed by atoms with Crippen LogP contribution in [-0.2, 0) is 11.2 Å². The highest BCUT2D eigenvalue weighted by Crippen LogP contribution is 2.38. The van der Waals surface area contributed by atoms with Crippen molar-refractivity contribution < 1.29 is 9.53 Å². The van der Waals surface area contributed by atoms with Gasteiger partial charge < -0.3 is 4.74 Å². The van der Waals surface area contributed by atoms with Gasteiger partial charge in [-0.2, -0.15) is 0 Å². The van der Waals surface area contributed by atoms with Crippen LogP contribution in [0.1, 0.15) is 38.3 Å². The molecule has 0 radical (unpaired) electrons. The van der Waals surface area contributed by atoms with Crippen LogP contribution >= 0.6 is 11.8 Å². The third kappa shape index (κ3) is 4.44. The molecule has 1 heterocycles. The van der Waals surface area contributed by atoms with Crippen molar-refractivity contribution in [3.63, 3.8) is 0 Å². The molecule has 4 nitrogen and oxygen atoms in total. The third-order valence-corrected chi connectivity index (χ3v) is 6.47. The second-order valence-corrected chi connectivity index (χ2v) is 8.59. The minimum atomic E-state index is -0.0143. The van der Waals surface area contributed by atoms with Gasteiger partial charge in [0.25, 0.3) is 5.91 Å². The molecular weight excluding hydrogens is 416 g/mol. The van der Waals surface area contributed by atoms with Crippen LogP contribution < -0.4 is 4.74 Å². The SMILES string of the molecule is CCCOc1ccc2ccccc2c1/C=C1/SC(=Nc2ccccc2CC)N(CC)C1=O. The number of amides is 1. The molecule has 1 amide bonds. The number of amidine groups is 1. The van der Waals surface area contributed by atoms with Gasteiger partial charge in [0, 0.05) is 12.1 Å². The standard InChI is InChI=1S/C27H28N2O2S/c1-4-17-31-24-16-15-20-12-7-9-13-21(20)22(24)18-25-26(30)29(6-3)27(32-25)28-23-14-10-8-11-19(23)5-2/h7-16,18H,4-6,17H2,1-3H3/b25-18+,28-27?. The van der Waals surface area contributed by atoms with Gasteiger partial charge in [0.2, 0.25) is 0 Å². The van der Waals surface area contributed by atoms with Crippen molar-refractivity contribution in [3.05, 3.63) is 76.7 Å². The van der Waals surface area contributed by atoms with Gasteiger partial charge in [-0.1, -0.05) is 62.4 Å². The van der Waals surface area contributed by atoms with Gasteiger partial charge in [-0.25, -0.2) is 4.99 Å². The quantitative estimate of drug-likeness (QED) is 0.376. The van der Waals surface area contributed by atoms with Crippen molar-refractivity contribution in [1.82, 2.24) is 4.90 Å². The topological polar surface area (TPSA) is 41.9 Å². The molecule has 0 N–H and O–H groups in total. The molecule has 3 aromatic rings. The van der Waals surface area contributed by atoms with Crippen LogP contribution in [0.2, 0.25) is 0 Å². The molecule has 4 rings (SSSR count). The van der Waals surface area contributed by atoms with Gasteiger partial charge in [-0.15, -0.1) is 0 Å². The van der Waals surface area contributed by atoms with Crippen molar-refractivity contribution in [2.75, 3.05) is 13.2 Å². The van der Waals surface area contributed by atoms with E-state index in [1.807, 2.05) is 49.4 Å². The number of para-hydroxylation sites is 1. The van der Waals surface area contributed by atoms with Crippen LogP contribution in [0.15, 0.2) is 70.6 Å². The average Bonchev–Trinajstić information content (AvgIpc) is 3.12. The van der Waals surface area contributed by atoms with Crippen LogP contribution in [0, 0.1) is 0 Å². The number of rotatable bonds is 7. The van der Waals surface area contributed by atoms with E-state index in [9.17, 15) is 4.79 Å². The Kier molecular flexibility index (Phi) is 6.96. The number of aliphatic imine (C=N–C) groups is 1. The van der Waals surface area contributed by atoms with Gasteiger partial charge in [-0.3, -0.25) is 9.69 Å². The van der Waals surface area contributed by atoms with Crippen LogP contribution in [0.3, 0.4) is 0 Å². The summed E-state index contributed by atoms with van der Waals surface area (Å²) >= 11 is 1.43. The molecule has 164 valence electrons. The molecule has 1 aliphatic rings. The molecule has 3 aromatic carbocycles. The van der Waals surface area contributed by atoms with E-state index in [1.165, 1.54) is 17.3 Å². The average molecular weight is 445 g/mol. The first kappa shape index (κ1) is 22.2. The lowest BCUT2D eigenvalue weighted by molar-refractivity contribution is -0.122. The van der Waals surface area contributed by atoms with Crippen molar-refractivity contribution >= 4 is 45.4 Å². The zero-order chi connectivity index (χ0) is 22.5. The highest BCUT2D eigenvalue weighted by atomic mass is 32.2. The number of carbonyl (C=O) groups excluding carboxylic acids is 1. The first-order valence-corrected chi connectivity index (χ1v) is 12.0. The monoisotopic (exact) mass is 444 g/mol. The zero-order valence-electron chi connectivity index (χ0n) is 18.8. The van der Waals surface area contributed by atoms with Crippen LogP contribution in [-0.4, -0.2) is 29.1 Å². The fourth-order valence-electron chi connectivity index (χ4n) is 3.79. The lowest BCUT2D eigenvalue weighted by Gasteiger charge is -2.13. The normalized spacial score (nSPS) is 16.5. The summed E-state index contributed by atoms with van der Waals surface area (Å²) in [5, 5.41) is 2.92. The number of benzene rings is 3. The summed E-state index contributed by atoms with van der Waals surface area (Å²) in [5.74, 6) is 0.788. The van der Waals surface area contributed by atoms with Gasteiger partial charge in [-0.05, 0) is 66.1 Å². The Hall–Kier alpha value is -3.05. The number of aryl methyl sites for hydroxylation is 1. The summed E-state index contributed by atoms with van der Waals surface area (Å²) < 4.78 is 6.04. The predicted molar refractivity (Wildman–Crippen MR) is 136 cm³/mol. The lowest BCUT2D eigenvalue weighted by atomic mass is 10.0. The molecule has 0 saturated carbocycles. The zero-order valence-corrected chi connectivity index (χ0v) is 19.6. The third-order valence-electron chi connectivity index (χ3n) is 5.46. The summed E-state index contributed by atoms with van der Waals surface area (Å²) in [5.41, 5.74) is 3.03. The Labute approximate surface area is 194 Å². The summed E-state index contributed by atoms with van der Waals surface area (Å²) in [6, 6.07) is 20.4. The minimum Gasteiger partial charge on any atom is -0.493 e. The fraction of sp³-hybridized carbons (Fsp3) is 0.259. The number of hydrogen-bond acceptors (Lipinski definition) is 4. The maximum atomic E-state index is 13.3. The van der Waals surface area contributed by atoms with Crippen LogP contribution in [0.5, 0.6) is 5.75 Å². The van der Waals surface area contributed by atoms with Gasteiger partial charge >= 0.3 is 0 Å². The molecule has 0 atom stereocenters. The van der Waals surface area contributed by atoms with E-state index in [2.05, 4.69) is 38.1 Å². The number of ether oxygens (including phenoxy) is 1. The molecule has 0 aliphatic carbocycles. The van der Waals surface area contributed by atoms with E-state index in [0.29, 0.717) is 18.1 Å². The number of fused-ring (bicyclic) bond motifs is 1. The van der Waals surface area contributed by atoms with Crippen molar-refractivity contribution in [2.45, 2.75) is 33.6 Å². The molecule has 0 bridgehead atoms. The van der Waals surface area contributed by atoms with E-state index >= 15 is 0 Å². The smallest absolute Gasteiger partial charge is 0.266 e. The summed E-state index contributed by atoms with van der Waals surface area (Å²) in [6.45, 7) is 7.40. The number of hydrogen-bond donors (Lipinski definition) is 0. The number of nitrogens with zero attached hydrogens (tertiary/aromatic N) is 2. The van der Waals surface area contributed by atoms with E-state index in [1.54, 1.807) is 4.90 Å². The number of thioether (sulfide) groups is 1. The van der Waals surface area contributed by atoms with Crippen molar-refractivity contribution in [3.8, 4) is 5.75 Å². The summed E-state index contributed by atoms with van der Waals surface area (Å²) in [7, 11) is 0. The van der Waals surface area contributed by atoms with Crippen molar-refractivity contribution in [2.24, 2.45) is 4.99 Å². The van der Waals surface area contributed by atoms with Crippen LogP contribution in [0.25, 0.3) is 16.8 Å². The minimum absolute atomic E-state index is 0.0143. The highest BCUT2D eigenvalue weighted by Gasteiger charge is 2.32. The predicted octanol–water partition coefficient (Wildman–Crippen LogP) is 6.81. The highest BCUT2D eigenvalue weighted by molar-refractivity contribution is 8.18. The molecule has 32 heavy (non-hydrogen) atoms. The van der Waals surface area contributed by atoms with E-state index in [0.717, 1.165) is 45.8 Å². The van der Waals surface area contributed by atoms with Crippen LogP contribution in [0.4, 0.5) is 5.69 Å². The maximum Gasteiger partial charge on any atom is 0.266 e. The van der Waals surface area contributed by atoms with E-state index < -0.39 is 0 Å². The molecule has 0 spiro atoms. The molecule has 1 saturated heterocycles. The number of carbonyl (C=O) groups is 1. The molecule has 0 unspecified atom stereocenters.